The predicted molar refractivity (Wildman–Crippen MR) is 97.1 cm³/mol. The van der Waals surface area contributed by atoms with E-state index in [1.165, 1.54) is 0 Å². The number of allylic oxidation sites excluding steroid dienone is 3. The topological polar surface area (TPSA) is 94.8 Å². The van der Waals surface area contributed by atoms with Crippen LogP contribution in [0, 0.1) is 11.8 Å². The Bertz CT molecular complexity index is 469. The van der Waals surface area contributed by atoms with E-state index in [1.54, 1.807) is 0 Å². The highest BCUT2D eigenvalue weighted by molar-refractivity contribution is 5.83. The molecule has 0 bridgehead atoms. The smallest absolute Gasteiger partial charge is 0.332 e. The lowest BCUT2D eigenvalue weighted by molar-refractivity contribution is -0.146. The van der Waals surface area contributed by atoms with E-state index < -0.39 is 12.1 Å². The highest BCUT2D eigenvalue weighted by atomic mass is 16.4. The highest BCUT2D eigenvalue weighted by Crippen LogP contribution is 2.33. The molecule has 0 saturated heterocycles. The summed E-state index contributed by atoms with van der Waals surface area (Å²) in [7, 11) is 0. The molecule has 3 N–H and O–H groups in total. The standard InChI is InChI=1S/C20H32O5/c1-2-3-9-16(21)10-7-8-15-13-14-18(22)17(15)11-5-4-6-12-19(23)20(24)25/h4-5,7-8,15-17,19,21,23H,2-3,6,9-14H2,1H3,(H,24,25)/t15-,16?,17+,19?/m0/s1. The van der Waals surface area contributed by atoms with Crippen LogP contribution < -0.4 is 0 Å². The summed E-state index contributed by atoms with van der Waals surface area (Å²) < 4.78 is 0. The summed E-state index contributed by atoms with van der Waals surface area (Å²) in [6.07, 6.45) is 12.6. The fourth-order valence-electron chi connectivity index (χ4n) is 3.18. The zero-order chi connectivity index (χ0) is 18.7. The van der Waals surface area contributed by atoms with Gasteiger partial charge in [0.2, 0.25) is 0 Å². The van der Waals surface area contributed by atoms with E-state index >= 15 is 0 Å². The second-order valence-electron chi connectivity index (χ2n) is 6.87. The molecule has 5 nitrogen and oxygen atoms in total. The largest absolute Gasteiger partial charge is 0.479 e. The van der Waals surface area contributed by atoms with Crippen LogP contribution in [0.1, 0.15) is 64.7 Å². The van der Waals surface area contributed by atoms with E-state index in [1.807, 2.05) is 18.2 Å². The molecule has 2 unspecified atom stereocenters. The van der Waals surface area contributed by atoms with Crippen LogP contribution in [0.2, 0.25) is 0 Å². The Balaban J connectivity index is 2.38. The zero-order valence-corrected chi connectivity index (χ0v) is 15.1. The number of carboxylic acid groups (broad SMARTS) is 1. The molecule has 1 aliphatic carbocycles. The van der Waals surface area contributed by atoms with Crippen LogP contribution >= 0.6 is 0 Å². The van der Waals surface area contributed by atoms with Gasteiger partial charge in [0.25, 0.3) is 0 Å². The molecular weight excluding hydrogens is 320 g/mol. The number of aliphatic hydroxyl groups is 2. The number of carbonyl (C=O) groups is 2. The van der Waals surface area contributed by atoms with Crippen LogP contribution in [0.15, 0.2) is 24.3 Å². The van der Waals surface area contributed by atoms with Crippen LogP contribution in [-0.2, 0) is 9.59 Å². The summed E-state index contributed by atoms with van der Waals surface area (Å²) in [6, 6.07) is 0. The number of ketones is 1. The van der Waals surface area contributed by atoms with Gasteiger partial charge in [-0.1, -0.05) is 44.1 Å². The first-order valence-corrected chi connectivity index (χ1v) is 9.39. The van der Waals surface area contributed by atoms with Crippen LogP contribution in [0.3, 0.4) is 0 Å². The van der Waals surface area contributed by atoms with Crippen LogP contribution in [0.25, 0.3) is 0 Å². The maximum Gasteiger partial charge on any atom is 0.332 e. The van der Waals surface area contributed by atoms with E-state index in [2.05, 4.69) is 13.0 Å². The summed E-state index contributed by atoms with van der Waals surface area (Å²) in [6.45, 7) is 2.10. The molecule has 0 aromatic carbocycles. The molecule has 0 heterocycles. The van der Waals surface area contributed by atoms with E-state index in [0.29, 0.717) is 25.7 Å². The van der Waals surface area contributed by atoms with Crippen molar-refractivity contribution in [3.05, 3.63) is 24.3 Å². The molecule has 0 amide bonds. The van der Waals surface area contributed by atoms with Gasteiger partial charge in [0.05, 0.1) is 6.10 Å². The average Bonchev–Trinajstić information content (AvgIpc) is 2.92. The maximum atomic E-state index is 12.0. The molecule has 0 spiro atoms. The molecule has 1 aliphatic rings. The third kappa shape index (κ3) is 8.45. The molecule has 0 radical (unpaired) electrons. The summed E-state index contributed by atoms with van der Waals surface area (Å²) in [5.41, 5.74) is 0. The molecule has 142 valence electrons. The molecule has 5 heteroatoms. The molecule has 0 aromatic rings. The van der Waals surface area contributed by atoms with Crippen molar-refractivity contribution in [1.82, 2.24) is 0 Å². The Kier molecular flexibility index (Phi) is 10.3. The quantitative estimate of drug-likeness (QED) is 0.469. The lowest BCUT2D eigenvalue weighted by Gasteiger charge is -2.13. The van der Waals surface area contributed by atoms with E-state index in [9.17, 15) is 19.8 Å². The Hall–Kier alpha value is -1.46. The number of aliphatic hydroxyl groups excluding tert-OH is 2. The zero-order valence-electron chi connectivity index (χ0n) is 15.1. The van der Waals surface area contributed by atoms with Gasteiger partial charge in [-0.05, 0) is 44.4 Å². The third-order valence-electron chi connectivity index (χ3n) is 4.79. The molecule has 0 aromatic heterocycles. The number of hydrogen-bond donors (Lipinski definition) is 3. The minimum absolute atomic E-state index is 0.0234. The number of aliphatic carboxylic acids is 1. The van der Waals surface area contributed by atoms with E-state index in [4.69, 9.17) is 5.11 Å². The lowest BCUT2D eigenvalue weighted by atomic mass is 9.91. The summed E-state index contributed by atoms with van der Waals surface area (Å²) in [5, 5.41) is 27.7. The second kappa shape index (κ2) is 12.0. The van der Waals surface area contributed by atoms with Crippen molar-refractivity contribution >= 4 is 11.8 Å². The van der Waals surface area contributed by atoms with Gasteiger partial charge in [0.15, 0.2) is 6.10 Å². The van der Waals surface area contributed by atoms with Crippen molar-refractivity contribution in [3.63, 3.8) is 0 Å². The number of Topliss-reactive ketones (excluding diaryl/α,β-unsaturated/α-hetero) is 1. The highest BCUT2D eigenvalue weighted by Gasteiger charge is 2.31. The monoisotopic (exact) mass is 352 g/mol. The average molecular weight is 352 g/mol. The molecule has 1 fully saturated rings. The second-order valence-corrected chi connectivity index (χ2v) is 6.87. The molecule has 0 aliphatic heterocycles. The van der Waals surface area contributed by atoms with E-state index in [-0.39, 0.29) is 30.1 Å². The van der Waals surface area contributed by atoms with Crippen molar-refractivity contribution in [1.29, 1.82) is 0 Å². The van der Waals surface area contributed by atoms with Gasteiger partial charge in [0, 0.05) is 12.3 Å². The van der Waals surface area contributed by atoms with Crippen molar-refractivity contribution in [2.24, 2.45) is 11.8 Å². The molecule has 1 saturated carbocycles. The normalized spacial score (nSPS) is 23.6. The number of carboxylic acids is 1. The minimum atomic E-state index is -1.33. The van der Waals surface area contributed by atoms with Gasteiger partial charge in [-0.3, -0.25) is 4.79 Å². The summed E-state index contributed by atoms with van der Waals surface area (Å²) in [4.78, 5) is 22.6. The fraction of sp³-hybridized carbons (Fsp3) is 0.700. The SMILES string of the molecule is CCCCC(O)CC=C[C@H]1CCC(=O)[C@@H]1CC=CCCC(O)C(=O)O. The Morgan fingerprint density at radius 2 is 2.00 bits per heavy atom. The van der Waals surface area contributed by atoms with Gasteiger partial charge in [-0.2, -0.15) is 0 Å². The van der Waals surface area contributed by atoms with Crippen LogP contribution in [0.5, 0.6) is 0 Å². The Morgan fingerprint density at radius 1 is 1.24 bits per heavy atom. The predicted octanol–water partition coefficient (Wildman–Crippen LogP) is 3.25. The van der Waals surface area contributed by atoms with E-state index in [0.717, 1.165) is 25.7 Å². The summed E-state index contributed by atoms with van der Waals surface area (Å²) in [5.74, 6) is -0.730. The molecule has 1 rings (SSSR count). The fourth-order valence-corrected chi connectivity index (χ4v) is 3.18. The minimum Gasteiger partial charge on any atom is -0.479 e. The van der Waals surface area contributed by atoms with Gasteiger partial charge in [0.1, 0.15) is 5.78 Å². The molecular formula is C20H32O5. The van der Waals surface area contributed by atoms with Crippen molar-refractivity contribution in [2.45, 2.75) is 76.9 Å². The van der Waals surface area contributed by atoms with Gasteiger partial charge in [-0.15, -0.1) is 0 Å². The molecule has 25 heavy (non-hydrogen) atoms. The summed E-state index contributed by atoms with van der Waals surface area (Å²) >= 11 is 0. The Labute approximate surface area is 150 Å². The maximum absolute atomic E-state index is 12.0. The lowest BCUT2D eigenvalue weighted by Crippen LogP contribution is -2.18. The number of unbranched alkanes of at least 4 members (excludes halogenated alkanes) is 1. The van der Waals surface area contributed by atoms with Crippen LogP contribution in [0.4, 0.5) is 0 Å². The van der Waals surface area contributed by atoms with Crippen molar-refractivity contribution in [2.75, 3.05) is 0 Å². The van der Waals surface area contributed by atoms with Gasteiger partial charge >= 0.3 is 5.97 Å². The third-order valence-corrected chi connectivity index (χ3v) is 4.79. The molecule has 4 atom stereocenters. The number of rotatable bonds is 12. The number of carbonyl (C=O) groups excluding carboxylic acids is 1. The van der Waals surface area contributed by atoms with Gasteiger partial charge < -0.3 is 15.3 Å². The first-order chi connectivity index (χ1) is 12.0. The number of hydrogen-bond acceptors (Lipinski definition) is 4. The Morgan fingerprint density at radius 3 is 2.68 bits per heavy atom. The van der Waals surface area contributed by atoms with Crippen molar-refractivity contribution in [3.8, 4) is 0 Å². The van der Waals surface area contributed by atoms with Crippen LogP contribution in [-0.4, -0.2) is 39.3 Å². The van der Waals surface area contributed by atoms with Gasteiger partial charge in [-0.25, -0.2) is 4.79 Å². The van der Waals surface area contributed by atoms with Crippen molar-refractivity contribution < 1.29 is 24.9 Å². The first kappa shape index (κ1) is 21.6. The first-order valence-electron chi connectivity index (χ1n) is 9.39.